The number of hydrogen-bond acceptors (Lipinski definition) is 0. The Morgan fingerprint density at radius 1 is 1.08 bits per heavy atom. The highest BCUT2D eigenvalue weighted by Gasteiger charge is 2.09. The Labute approximate surface area is 83.4 Å². The molecule has 77 valence electrons. The maximum Gasteiger partial charge on any atom is 0.0267 e. The average molecular weight is 182 g/mol. The van der Waals surface area contributed by atoms with E-state index in [0.717, 1.165) is 12.8 Å². The highest BCUT2D eigenvalue weighted by Crippen LogP contribution is 2.14. The fraction of sp³-hybridized carbons (Fsp3) is 0.833. The first-order valence-electron chi connectivity index (χ1n) is 5.42. The highest BCUT2D eigenvalue weighted by atomic mass is 14.7. The van der Waals surface area contributed by atoms with Gasteiger partial charge in [-0.2, -0.15) is 0 Å². The van der Waals surface area contributed by atoms with Crippen LogP contribution in [-0.4, -0.2) is 5.54 Å². The Morgan fingerprint density at radius 2 is 1.62 bits per heavy atom. The van der Waals surface area contributed by atoms with Gasteiger partial charge in [-0.25, -0.2) is 0 Å². The van der Waals surface area contributed by atoms with E-state index < -0.39 is 0 Å². The Hall–Kier alpha value is -0.300. The topological polar surface area (TPSA) is 23.8 Å². The first-order chi connectivity index (χ1) is 6.06. The predicted octanol–water partition coefficient (Wildman–Crippen LogP) is 3.96. The second kappa shape index (κ2) is 7.14. The number of rotatable bonds is 8. The lowest BCUT2D eigenvalue weighted by Gasteiger charge is -2.16. The summed E-state index contributed by atoms with van der Waals surface area (Å²) in [5.41, 5.74) is 7.44. The summed E-state index contributed by atoms with van der Waals surface area (Å²) in [6.07, 6.45) is 10.6. The lowest BCUT2D eigenvalue weighted by molar-refractivity contribution is 0.428. The van der Waals surface area contributed by atoms with Crippen molar-refractivity contribution in [1.82, 2.24) is 5.73 Å². The van der Waals surface area contributed by atoms with Crippen LogP contribution in [-0.2, 0) is 0 Å². The summed E-state index contributed by atoms with van der Waals surface area (Å²) in [6.45, 7) is 7.68. The molecule has 1 nitrogen and oxygen atoms in total. The molecule has 0 aromatic carbocycles. The minimum Gasteiger partial charge on any atom is -0.252 e. The molecule has 0 aliphatic heterocycles. The normalized spacial score (nSPS) is 11.6. The predicted molar refractivity (Wildman–Crippen MR) is 59.7 cm³/mol. The van der Waals surface area contributed by atoms with Crippen LogP contribution in [0.5, 0.6) is 0 Å². The molecule has 13 heavy (non-hydrogen) atoms. The molecule has 0 saturated carbocycles. The summed E-state index contributed by atoms with van der Waals surface area (Å²) in [4.78, 5) is 0. The van der Waals surface area contributed by atoms with Crippen molar-refractivity contribution in [3.63, 3.8) is 0 Å². The van der Waals surface area contributed by atoms with Gasteiger partial charge in [-0.05, 0) is 33.1 Å². The van der Waals surface area contributed by atoms with Crippen molar-refractivity contribution < 1.29 is 0 Å². The molecule has 0 unspecified atom stereocenters. The molecule has 1 N–H and O–H groups in total. The third-order valence-electron chi connectivity index (χ3n) is 2.21. The zero-order chi connectivity index (χ0) is 10.2. The third-order valence-corrected chi connectivity index (χ3v) is 2.21. The molecule has 0 bridgehead atoms. The molecule has 0 heterocycles. The molecule has 0 saturated heterocycles. The fourth-order valence-corrected chi connectivity index (χ4v) is 1.39. The van der Waals surface area contributed by atoms with Crippen molar-refractivity contribution >= 4 is 0 Å². The second-order valence-corrected chi connectivity index (χ2v) is 4.48. The van der Waals surface area contributed by atoms with E-state index in [0.29, 0.717) is 0 Å². The summed E-state index contributed by atoms with van der Waals surface area (Å²) in [7, 11) is 0. The van der Waals surface area contributed by atoms with Gasteiger partial charge in [0.1, 0.15) is 0 Å². The third kappa shape index (κ3) is 11.7. The van der Waals surface area contributed by atoms with Gasteiger partial charge in [-0.1, -0.05) is 31.8 Å². The molecular weight excluding hydrogens is 158 g/mol. The van der Waals surface area contributed by atoms with Crippen LogP contribution in [0.4, 0.5) is 0 Å². The van der Waals surface area contributed by atoms with E-state index in [2.05, 4.69) is 6.58 Å². The van der Waals surface area contributed by atoms with Crippen molar-refractivity contribution in [2.24, 2.45) is 0 Å². The van der Waals surface area contributed by atoms with Crippen LogP contribution in [0, 0.1) is 0 Å². The van der Waals surface area contributed by atoms with Gasteiger partial charge >= 0.3 is 0 Å². The van der Waals surface area contributed by atoms with Crippen LogP contribution >= 0.6 is 0 Å². The van der Waals surface area contributed by atoms with Gasteiger partial charge in [0, 0.05) is 5.54 Å². The summed E-state index contributed by atoms with van der Waals surface area (Å²) in [5, 5.41) is 0. The van der Waals surface area contributed by atoms with Crippen molar-refractivity contribution in [3.05, 3.63) is 12.7 Å². The van der Waals surface area contributed by atoms with Crippen molar-refractivity contribution in [1.29, 1.82) is 0 Å². The fourth-order valence-electron chi connectivity index (χ4n) is 1.39. The van der Waals surface area contributed by atoms with E-state index in [-0.39, 0.29) is 5.54 Å². The monoisotopic (exact) mass is 182 g/mol. The number of hydrogen-bond donors (Lipinski definition) is 0. The second-order valence-electron chi connectivity index (χ2n) is 4.48. The molecule has 1 radical (unpaired) electrons. The van der Waals surface area contributed by atoms with Crippen LogP contribution in [0.25, 0.3) is 0 Å². The van der Waals surface area contributed by atoms with Gasteiger partial charge in [-0.15, -0.1) is 6.58 Å². The zero-order valence-electron chi connectivity index (χ0n) is 9.23. The van der Waals surface area contributed by atoms with E-state index in [1.54, 1.807) is 0 Å². The SMILES string of the molecule is C=CCCCCCCCC(C)(C)[NH]. The zero-order valence-corrected chi connectivity index (χ0v) is 9.23. The van der Waals surface area contributed by atoms with E-state index in [4.69, 9.17) is 5.73 Å². The minimum atomic E-state index is -0.221. The lowest BCUT2D eigenvalue weighted by atomic mass is 9.97. The number of unbranched alkanes of at least 4 members (excludes halogenated alkanes) is 5. The lowest BCUT2D eigenvalue weighted by Crippen LogP contribution is -2.20. The first-order valence-corrected chi connectivity index (χ1v) is 5.42. The van der Waals surface area contributed by atoms with Crippen molar-refractivity contribution in [3.8, 4) is 0 Å². The van der Waals surface area contributed by atoms with Crippen LogP contribution in [0.1, 0.15) is 58.8 Å². The molecule has 0 aromatic heterocycles. The minimum absolute atomic E-state index is 0.221. The summed E-state index contributed by atoms with van der Waals surface area (Å²) < 4.78 is 0. The molecule has 0 aliphatic carbocycles. The Kier molecular flexibility index (Phi) is 6.97. The Bertz CT molecular complexity index is 122. The average Bonchev–Trinajstić information content (AvgIpc) is 2.01. The van der Waals surface area contributed by atoms with Crippen LogP contribution in [0.2, 0.25) is 0 Å². The van der Waals surface area contributed by atoms with Gasteiger partial charge in [-0.3, -0.25) is 5.73 Å². The van der Waals surface area contributed by atoms with Gasteiger partial charge in [0.05, 0.1) is 0 Å². The number of allylic oxidation sites excluding steroid dienone is 1. The molecule has 0 spiro atoms. The van der Waals surface area contributed by atoms with Gasteiger partial charge in [0.2, 0.25) is 0 Å². The first kappa shape index (κ1) is 12.7. The maximum atomic E-state index is 7.66. The molecule has 1 heteroatoms. The Balaban J connectivity index is 3.04. The quantitative estimate of drug-likeness (QED) is 0.401. The molecule has 0 fully saturated rings. The molecule has 0 aliphatic rings. The van der Waals surface area contributed by atoms with E-state index in [1.807, 2.05) is 19.9 Å². The molecular formula is C12H24N. The summed E-state index contributed by atoms with van der Waals surface area (Å²) in [5.74, 6) is 0. The van der Waals surface area contributed by atoms with Crippen molar-refractivity contribution in [2.45, 2.75) is 64.3 Å². The van der Waals surface area contributed by atoms with Crippen LogP contribution < -0.4 is 5.73 Å². The van der Waals surface area contributed by atoms with Gasteiger partial charge in [0.15, 0.2) is 0 Å². The maximum absolute atomic E-state index is 7.66. The van der Waals surface area contributed by atoms with E-state index in [1.165, 1.54) is 32.1 Å². The van der Waals surface area contributed by atoms with Crippen LogP contribution in [0.15, 0.2) is 12.7 Å². The summed E-state index contributed by atoms with van der Waals surface area (Å²) in [6, 6.07) is 0. The standard InChI is InChI=1S/C12H24N/c1-4-5-6-7-8-9-10-11-12(2,3)13/h4,13H,1,5-11H2,2-3H3. The van der Waals surface area contributed by atoms with E-state index >= 15 is 0 Å². The molecule has 0 rings (SSSR count). The van der Waals surface area contributed by atoms with Gasteiger partial charge < -0.3 is 0 Å². The molecule has 0 atom stereocenters. The smallest absolute Gasteiger partial charge is 0.0267 e. The van der Waals surface area contributed by atoms with Gasteiger partial charge in [0.25, 0.3) is 0 Å². The van der Waals surface area contributed by atoms with Crippen molar-refractivity contribution in [2.75, 3.05) is 0 Å². The molecule has 0 aromatic rings. The summed E-state index contributed by atoms with van der Waals surface area (Å²) >= 11 is 0. The Morgan fingerprint density at radius 3 is 2.15 bits per heavy atom. The van der Waals surface area contributed by atoms with E-state index in [9.17, 15) is 0 Å². The molecule has 0 amide bonds. The van der Waals surface area contributed by atoms with Crippen LogP contribution in [0.3, 0.4) is 0 Å². The largest absolute Gasteiger partial charge is 0.252 e. The highest BCUT2D eigenvalue weighted by molar-refractivity contribution is 4.70. The number of nitrogens with one attached hydrogen (secondary N) is 1.